The fraction of sp³-hybridized carbons (Fsp3) is 0.750. The molecule has 0 heterocycles. The summed E-state index contributed by atoms with van der Waals surface area (Å²) < 4.78 is 29.6. The van der Waals surface area contributed by atoms with Gasteiger partial charge in [0.2, 0.25) is 5.91 Å². The van der Waals surface area contributed by atoms with Gasteiger partial charge >= 0.3 is 10.3 Å². The lowest BCUT2D eigenvalue weighted by Crippen LogP contribution is -2.36. The molecular weight excluding hydrogens is 172 g/mol. The smallest absolute Gasteiger partial charge is 0.301 e. The Bertz CT molecular complexity index is 232. The van der Waals surface area contributed by atoms with Crippen molar-refractivity contribution < 1.29 is 17.8 Å². The maximum Gasteiger partial charge on any atom is 0.359 e. The molecule has 7 heteroatoms. The molecule has 0 atom stereocenters. The van der Waals surface area contributed by atoms with Crippen molar-refractivity contribution in [3.63, 3.8) is 0 Å². The van der Waals surface area contributed by atoms with E-state index in [0.29, 0.717) is 0 Å². The molecule has 0 unspecified atom stereocenters. The second-order valence-electron chi connectivity index (χ2n) is 2.24. The molecule has 0 spiro atoms. The fourth-order valence-electron chi connectivity index (χ4n) is 0.463. The van der Waals surface area contributed by atoms with Crippen molar-refractivity contribution in [3.05, 3.63) is 0 Å². The van der Waals surface area contributed by atoms with Crippen LogP contribution in [0.2, 0.25) is 0 Å². The molecule has 0 fully saturated rings. The van der Waals surface area contributed by atoms with Crippen molar-refractivity contribution in [2.24, 2.45) is 0 Å². The lowest BCUT2D eigenvalue weighted by molar-refractivity contribution is -0.120. The molecule has 66 valence electrons. The van der Waals surface area contributed by atoms with Crippen LogP contribution in [0.25, 0.3) is 0 Å². The summed E-state index contributed by atoms with van der Waals surface area (Å²) >= 11 is 0. The summed E-state index contributed by atoms with van der Waals surface area (Å²) in [7, 11) is -1.19. The number of carbonyl (C=O) groups is 1. The first-order chi connectivity index (χ1) is 4.81. The van der Waals surface area contributed by atoms with Crippen LogP contribution in [-0.4, -0.2) is 44.4 Å². The van der Waals surface area contributed by atoms with E-state index in [-0.39, 0.29) is 6.54 Å². The number of likely N-dealkylation sites (N-methyl/N-ethyl adjacent to an activating group) is 1. The Balaban J connectivity index is 3.91. The SMILES string of the molecule is CN(C)CC(=O)NS(=O)(=O)O. The maximum atomic E-state index is 10.6. The molecule has 11 heavy (non-hydrogen) atoms. The van der Waals surface area contributed by atoms with E-state index in [4.69, 9.17) is 4.55 Å². The summed E-state index contributed by atoms with van der Waals surface area (Å²) in [4.78, 5) is 12.0. The van der Waals surface area contributed by atoms with Crippen molar-refractivity contribution in [1.29, 1.82) is 0 Å². The molecule has 0 aliphatic rings. The van der Waals surface area contributed by atoms with Crippen LogP contribution >= 0.6 is 0 Å². The number of nitrogens with zero attached hydrogens (tertiary/aromatic N) is 1. The third kappa shape index (κ3) is 7.23. The molecule has 0 aliphatic carbocycles. The summed E-state index contributed by atoms with van der Waals surface area (Å²) in [5.74, 6) is -0.766. The zero-order valence-corrected chi connectivity index (χ0v) is 7.05. The Morgan fingerprint density at radius 1 is 1.55 bits per heavy atom. The van der Waals surface area contributed by atoms with Crippen molar-refractivity contribution in [2.45, 2.75) is 0 Å². The number of nitrogens with one attached hydrogen (secondary N) is 1. The van der Waals surface area contributed by atoms with Crippen LogP contribution in [0.15, 0.2) is 0 Å². The molecule has 0 aromatic carbocycles. The van der Waals surface area contributed by atoms with E-state index in [0.717, 1.165) is 0 Å². The molecule has 0 rings (SSSR count). The first-order valence-electron chi connectivity index (χ1n) is 2.74. The predicted molar refractivity (Wildman–Crippen MR) is 38.2 cm³/mol. The van der Waals surface area contributed by atoms with E-state index in [1.54, 1.807) is 14.1 Å². The third-order valence-electron chi connectivity index (χ3n) is 0.703. The van der Waals surface area contributed by atoms with Crippen LogP contribution in [0.5, 0.6) is 0 Å². The predicted octanol–water partition coefficient (Wildman–Crippen LogP) is -1.53. The zero-order chi connectivity index (χ0) is 9.07. The van der Waals surface area contributed by atoms with E-state index >= 15 is 0 Å². The van der Waals surface area contributed by atoms with Crippen LogP contribution in [0.4, 0.5) is 0 Å². The van der Waals surface area contributed by atoms with Crippen LogP contribution in [0.1, 0.15) is 0 Å². The Morgan fingerprint density at radius 2 is 2.00 bits per heavy atom. The molecule has 1 amide bonds. The number of amides is 1. The molecule has 0 aliphatic heterocycles. The van der Waals surface area contributed by atoms with Gasteiger partial charge in [0, 0.05) is 0 Å². The minimum absolute atomic E-state index is 0.0835. The molecule has 0 saturated heterocycles. The van der Waals surface area contributed by atoms with Crippen molar-refractivity contribution in [3.8, 4) is 0 Å². The second-order valence-corrected chi connectivity index (χ2v) is 3.39. The van der Waals surface area contributed by atoms with Gasteiger partial charge in [0.15, 0.2) is 0 Å². The summed E-state index contributed by atoms with van der Waals surface area (Å²) in [6, 6.07) is 0. The zero-order valence-electron chi connectivity index (χ0n) is 6.23. The molecule has 0 aromatic rings. The quantitative estimate of drug-likeness (QED) is 0.517. The standard InChI is InChI=1S/C4H10N2O4S/c1-6(2)3-4(7)5-11(8,9)10/h3H2,1-2H3,(H,5,7)(H,8,9,10). The minimum atomic E-state index is -4.40. The molecule has 0 saturated carbocycles. The van der Waals surface area contributed by atoms with Gasteiger partial charge in [-0.2, -0.15) is 8.42 Å². The highest BCUT2D eigenvalue weighted by molar-refractivity contribution is 7.84. The summed E-state index contributed by atoms with van der Waals surface area (Å²) in [5, 5.41) is 0. The van der Waals surface area contributed by atoms with E-state index in [2.05, 4.69) is 0 Å². The van der Waals surface area contributed by atoms with Crippen molar-refractivity contribution in [2.75, 3.05) is 20.6 Å². The molecule has 0 radical (unpaired) electrons. The van der Waals surface area contributed by atoms with E-state index in [1.165, 1.54) is 9.62 Å². The Kier molecular flexibility index (Phi) is 3.43. The molecule has 6 nitrogen and oxygen atoms in total. The monoisotopic (exact) mass is 182 g/mol. The van der Waals surface area contributed by atoms with E-state index in [9.17, 15) is 13.2 Å². The molecule has 0 aromatic heterocycles. The highest BCUT2D eigenvalue weighted by atomic mass is 32.2. The largest absolute Gasteiger partial charge is 0.359 e. The topological polar surface area (TPSA) is 86.7 Å². The lowest BCUT2D eigenvalue weighted by atomic mass is 10.6. The number of hydrogen-bond donors (Lipinski definition) is 2. The van der Waals surface area contributed by atoms with Gasteiger partial charge in [0.1, 0.15) is 0 Å². The van der Waals surface area contributed by atoms with E-state index in [1.807, 2.05) is 0 Å². The highest BCUT2D eigenvalue weighted by Gasteiger charge is 2.09. The fourth-order valence-corrected chi connectivity index (χ4v) is 0.816. The molecular formula is C4H10N2O4S. The van der Waals surface area contributed by atoms with Gasteiger partial charge in [0.25, 0.3) is 0 Å². The average Bonchev–Trinajstić information content (AvgIpc) is 1.53. The number of hydrogen-bond acceptors (Lipinski definition) is 4. The maximum absolute atomic E-state index is 10.6. The van der Waals surface area contributed by atoms with Gasteiger partial charge in [-0.05, 0) is 14.1 Å². The first kappa shape index (κ1) is 10.3. The van der Waals surface area contributed by atoms with Crippen molar-refractivity contribution >= 4 is 16.2 Å². The number of rotatable bonds is 3. The van der Waals surface area contributed by atoms with Gasteiger partial charge in [-0.1, -0.05) is 0 Å². The van der Waals surface area contributed by atoms with E-state index < -0.39 is 16.2 Å². The Labute approximate surface area is 65.1 Å². The summed E-state index contributed by atoms with van der Waals surface area (Å²) in [6.07, 6.45) is 0. The lowest BCUT2D eigenvalue weighted by Gasteiger charge is -2.07. The number of carbonyl (C=O) groups excluding carboxylic acids is 1. The van der Waals surface area contributed by atoms with Gasteiger partial charge < -0.3 is 4.90 Å². The minimum Gasteiger partial charge on any atom is -0.301 e. The third-order valence-corrected chi connectivity index (χ3v) is 1.19. The summed E-state index contributed by atoms with van der Waals surface area (Å²) in [5.41, 5.74) is 0. The van der Waals surface area contributed by atoms with Gasteiger partial charge in [-0.25, -0.2) is 4.72 Å². The van der Waals surface area contributed by atoms with Crippen LogP contribution in [0.3, 0.4) is 0 Å². The van der Waals surface area contributed by atoms with Crippen LogP contribution in [-0.2, 0) is 15.1 Å². The Hall–Kier alpha value is -0.660. The van der Waals surface area contributed by atoms with Crippen LogP contribution < -0.4 is 4.72 Å². The van der Waals surface area contributed by atoms with Crippen LogP contribution in [0, 0.1) is 0 Å². The van der Waals surface area contributed by atoms with Crippen molar-refractivity contribution in [1.82, 2.24) is 9.62 Å². The molecule has 0 bridgehead atoms. The average molecular weight is 182 g/mol. The normalized spacial score (nSPS) is 11.6. The van der Waals surface area contributed by atoms with Gasteiger partial charge in [-0.15, -0.1) is 0 Å². The van der Waals surface area contributed by atoms with Gasteiger partial charge in [0.05, 0.1) is 6.54 Å². The molecule has 2 N–H and O–H groups in total. The highest BCUT2D eigenvalue weighted by Crippen LogP contribution is 1.77. The second kappa shape index (κ2) is 3.65. The summed E-state index contributed by atoms with van der Waals surface area (Å²) in [6.45, 7) is -0.0835. The van der Waals surface area contributed by atoms with Gasteiger partial charge in [-0.3, -0.25) is 9.35 Å². The Morgan fingerprint density at radius 3 is 2.27 bits per heavy atom. The first-order valence-corrected chi connectivity index (χ1v) is 4.18.